The smallest absolute Gasteiger partial charge is 0.322 e. The Labute approximate surface area is 128 Å². The Morgan fingerprint density at radius 3 is 2.91 bits per heavy atom. The van der Waals surface area contributed by atoms with E-state index in [9.17, 15) is 18.3 Å². The number of sulfonamides is 1. The van der Waals surface area contributed by atoms with E-state index >= 15 is 0 Å². The van der Waals surface area contributed by atoms with Gasteiger partial charge in [0.15, 0.2) is 0 Å². The third-order valence-corrected chi connectivity index (χ3v) is 5.83. The minimum Gasteiger partial charge on any atom is -0.480 e. The van der Waals surface area contributed by atoms with Gasteiger partial charge in [0, 0.05) is 18.1 Å². The minimum atomic E-state index is -3.88. The number of nitrogens with zero attached hydrogens (tertiary/aromatic N) is 2. The third-order valence-electron chi connectivity index (χ3n) is 3.89. The zero-order valence-electron chi connectivity index (χ0n) is 12.1. The van der Waals surface area contributed by atoms with Crippen molar-refractivity contribution in [1.82, 2.24) is 9.29 Å². The van der Waals surface area contributed by atoms with Crippen molar-refractivity contribution in [3.63, 3.8) is 0 Å². The molecule has 6 nitrogen and oxygen atoms in total. The highest BCUT2D eigenvalue weighted by atomic mass is 32.2. The Hall–Kier alpha value is -1.99. The molecule has 2 aromatic rings. The van der Waals surface area contributed by atoms with Crippen molar-refractivity contribution in [1.29, 1.82) is 0 Å². The summed E-state index contributed by atoms with van der Waals surface area (Å²) in [6.07, 6.45) is 2.50. The van der Waals surface area contributed by atoms with Crippen molar-refractivity contribution in [3.05, 3.63) is 36.0 Å². The van der Waals surface area contributed by atoms with Gasteiger partial charge in [-0.3, -0.25) is 9.78 Å². The predicted octanol–water partition coefficient (Wildman–Crippen LogP) is 1.78. The molecule has 0 saturated carbocycles. The van der Waals surface area contributed by atoms with Crippen LogP contribution in [-0.2, 0) is 14.8 Å². The molecule has 1 aliphatic heterocycles. The Balaban J connectivity index is 2.15. The van der Waals surface area contributed by atoms with Crippen molar-refractivity contribution in [3.8, 4) is 0 Å². The van der Waals surface area contributed by atoms with Crippen molar-refractivity contribution in [2.45, 2.75) is 30.7 Å². The molecule has 2 heterocycles. The van der Waals surface area contributed by atoms with Crippen molar-refractivity contribution < 1.29 is 18.3 Å². The average Bonchev–Trinajstić information content (AvgIpc) is 2.96. The van der Waals surface area contributed by atoms with Crippen LogP contribution in [0.25, 0.3) is 10.9 Å². The molecular weight excluding hydrogens is 304 g/mol. The fourth-order valence-electron chi connectivity index (χ4n) is 2.85. The van der Waals surface area contributed by atoms with Crippen LogP contribution in [0, 0.1) is 6.92 Å². The van der Waals surface area contributed by atoms with E-state index < -0.39 is 22.0 Å². The highest BCUT2D eigenvalue weighted by Crippen LogP contribution is 2.30. The van der Waals surface area contributed by atoms with Gasteiger partial charge < -0.3 is 5.11 Å². The van der Waals surface area contributed by atoms with E-state index in [1.807, 2.05) is 13.0 Å². The van der Waals surface area contributed by atoms with Crippen LogP contribution in [0.15, 0.2) is 35.4 Å². The van der Waals surface area contributed by atoms with Gasteiger partial charge in [-0.15, -0.1) is 0 Å². The number of rotatable bonds is 3. The first-order chi connectivity index (χ1) is 10.4. The number of carboxylic acids is 1. The Kier molecular flexibility index (Phi) is 3.62. The summed E-state index contributed by atoms with van der Waals surface area (Å²) in [6.45, 7) is 2.11. The molecule has 1 aromatic heterocycles. The standard InChI is InChI=1S/C15H16N2O4S/c1-10-8-11-4-2-6-13(14(11)16-9-10)22(20,21)17-7-3-5-12(17)15(18)19/h2,4,6,8-9,12H,3,5,7H2,1H3,(H,18,19)/t12-/m0/s1. The molecule has 1 fully saturated rings. The topological polar surface area (TPSA) is 87.6 Å². The van der Waals surface area contributed by atoms with Gasteiger partial charge >= 0.3 is 5.97 Å². The third kappa shape index (κ3) is 2.36. The average molecular weight is 320 g/mol. The normalized spacial score (nSPS) is 19.6. The highest BCUT2D eigenvalue weighted by Gasteiger charge is 2.40. The van der Waals surface area contributed by atoms with Gasteiger partial charge in [-0.2, -0.15) is 4.31 Å². The SMILES string of the molecule is Cc1cnc2c(S(=O)(=O)N3CCC[C@H]3C(=O)O)cccc2c1. The lowest BCUT2D eigenvalue weighted by molar-refractivity contribution is -0.140. The summed E-state index contributed by atoms with van der Waals surface area (Å²) in [5, 5.41) is 9.95. The molecule has 1 aliphatic rings. The molecule has 116 valence electrons. The molecule has 0 amide bonds. The summed E-state index contributed by atoms with van der Waals surface area (Å²) < 4.78 is 26.8. The molecule has 0 spiro atoms. The molecule has 0 unspecified atom stereocenters. The number of aromatic nitrogens is 1. The number of hydrogen-bond donors (Lipinski definition) is 1. The number of hydrogen-bond acceptors (Lipinski definition) is 4. The van der Waals surface area contributed by atoms with Crippen LogP contribution in [0.4, 0.5) is 0 Å². The van der Waals surface area contributed by atoms with Crippen molar-refractivity contribution in [2.75, 3.05) is 6.54 Å². The van der Waals surface area contributed by atoms with E-state index in [2.05, 4.69) is 4.98 Å². The maximum absolute atomic E-state index is 12.9. The summed E-state index contributed by atoms with van der Waals surface area (Å²) in [5.74, 6) is -1.11. The van der Waals surface area contributed by atoms with Crippen LogP contribution in [0.2, 0.25) is 0 Å². The van der Waals surface area contributed by atoms with Gasteiger partial charge in [0.1, 0.15) is 10.9 Å². The first-order valence-electron chi connectivity index (χ1n) is 7.01. The number of aryl methyl sites for hydroxylation is 1. The van der Waals surface area contributed by atoms with Crippen LogP contribution in [0.5, 0.6) is 0 Å². The number of para-hydroxylation sites is 1. The lowest BCUT2D eigenvalue weighted by atomic mass is 10.2. The van der Waals surface area contributed by atoms with Gasteiger partial charge in [-0.1, -0.05) is 12.1 Å². The number of carbonyl (C=O) groups is 1. The highest BCUT2D eigenvalue weighted by molar-refractivity contribution is 7.89. The molecule has 3 rings (SSSR count). The molecule has 1 saturated heterocycles. The molecule has 22 heavy (non-hydrogen) atoms. The molecular formula is C15H16N2O4S. The number of carboxylic acid groups (broad SMARTS) is 1. The van der Waals surface area contributed by atoms with Crippen molar-refractivity contribution >= 4 is 26.9 Å². The lowest BCUT2D eigenvalue weighted by Crippen LogP contribution is -2.40. The number of benzene rings is 1. The van der Waals surface area contributed by atoms with Crippen LogP contribution in [0.1, 0.15) is 18.4 Å². The van der Waals surface area contributed by atoms with Crippen LogP contribution in [-0.4, -0.2) is 41.4 Å². The maximum atomic E-state index is 12.9. The summed E-state index contributed by atoms with van der Waals surface area (Å²) in [4.78, 5) is 15.6. The second-order valence-corrected chi connectivity index (χ2v) is 7.31. The van der Waals surface area contributed by atoms with Gasteiger partial charge in [0.25, 0.3) is 0 Å². The zero-order chi connectivity index (χ0) is 15.9. The summed E-state index contributed by atoms with van der Waals surface area (Å²) >= 11 is 0. The summed E-state index contributed by atoms with van der Waals surface area (Å²) in [5.41, 5.74) is 1.32. The van der Waals surface area contributed by atoms with E-state index in [1.54, 1.807) is 18.3 Å². The van der Waals surface area contributed by atoms with E-state index in [0.717, 1.165) is 15.3 Å². The number of fused-ring (bicyclic) bond motifs is 1. The van der Waals surface area contributed by atoms with Crippen LogP contribution < -0.4 is 0 Å². The lowest BCUT2D eigenvalue weighted by Gasteiger charge is -2.21. The Morgan fingerprint density at radius 2 is 2.18 bits per heavy atom. The fourth-order valence-corrected chi connectivity index (χ4v) is 4.67. The molecule has 0 bridgehead atoms. The minimum absolute atomic E-state index is 0.0677. The van der Waals surface area contributed by atoms with Crippen LogP contribution >= 0.6 is 0 Å². The van der Waals surface area contributed by atoms with Gasteiger partial charge in [0.2, 0.25) is 10.0 Å². The van der Waals surface area contributed by atoms with Crippen molar-refractivity contribution in [2.24, 2.45) is 0 Å². The quantitative estimate of drug-likeness (QED) is 0.931. The molecule has 7 heteroatoms. The Morgan fingerprint density at radius 1 is 1.41 bits per heavy atom. The molecule has 1 N–H and O–H groups in total. The fraction of sp³-hybridized carbons (Fsp3) is 0.333. The monoisotopic (exact) mass is 320 g/mol. The van der Waals surface area contributed by atoms with E-state index in [-0.39, 0.29) is 11.4 Å². The first kappa shape index (κ1) is 14.9. The largest absolute Gasteiger partial charge is 0.480 e. The van der Waals surface area contributed by atoms with Gasteiger partial charge in [-0.05, 0) is 37.5 Å². The van der Waals surface area contributed by atoms with E-state index in [1.165, 1.54) is 6.07 Å². The van der Waals surface area contributed by atoms with Crippen LogP contribution in [0.3, 0.4) is 0 Å². The van der Waals surface area contributed by atoms with E-state index in [4.69, 9.17) is 0 Å². The zero-order valence-corrected chi connectivity index (χ0v) is 12.9. The molecule has 0 radical (unpaired) electrons. The maximum Gasteiger partial charge on any atom is 0.322 e. The molecule has 0 aliphatic carbocycles. The second kappa shape index (κ2) is 5.33. The predicted molar refractivity (Wildman–Crippen MR) is 81.0 cm³/mol. The van der Waals surface area contributed by atoms with Gasteiger partial charge in [-0.25, -0.2) is 8.42 Å². The molecule has 1 aromatic carbocycles. The number of aliphatic carboxylic acids is 1. The van der Waals surface area contributed by atoms with E-state index in [0.29, 0.717) is 18.4 Å². The summed E-state index contributed by atoms with van der Waals surface area (Å²) in [7, 11) is -3.88. The van der Waals surface area contributed by atoms with Gasteiger partial charge in [0.05, 0.1) is 5.52 Å². The second-order valence-electron chi connectivity index (χ2n) is 5.45. The summed E-state index contributed by atoms with van der Waals surface area (Å²) in [6, 6.07) is 5.80. The molecule has 1 atom stereocenters. The first-order valence-corrected chi connectivity index (χ1v) is 8.45. The number of pyridine rings is 1. The Bertz CT molecular complexity index is 848.